The molecule has 0 radical (unpaired) electrons. The maximum atomic E-state index is 12.1. The van der Waals surface area contributed by atoms with Crippen molar-refractivity contribution in [1.82, 2.24) is 15.2 Å². The normalized spacial score (nSPS) is 29.6. The minimum atomic E-state index is -0.684. The molecule has 0 aromatic carbocycles. The molecule has 1 spiro atoms. The molecule has 1 aromatic heterocycles. The van der Waals surface area contributed by atoms with Crippen molar-refractivity contribution in [3.05, 3.63) is 16.6 Å². The molecular formula is C18H29N3O3S. The molecule has 2 aliphatic heterocycles. The van der Waals surface area contributed by atoms with Gasteiger partial charge in [-0.05, 0) is 32.6 Å². The highest BCUT2D eigenvalue weighted by molar-refractivity contribution is 7.09. The van der Waals surface area contributed by atoms with Crippen LogP contribution in [0.3, 0.4) is 0 Å². The number of carbonyl (C=O) groups is 1. The molecule has 3 rings (SSSR count). The van der Waals surface area contributed by atoms with Crippen molar-refractivity contribution in [2.45, 2.75) is 69.7 Å². The maximum absolute atomic E-state index is 12.1. The first kappa shape index (κ1) is 18.8. The van der Waals surface area contributed by atoms with E-state index in [2.05, 4.69) is 15.2 Å². The van der Waals surface area contributed by atoms with Crippen LogP contribution in [0.5, 0.6) is 0 Å². The smallest absolute Gasteiger partial charge is 0.220 e. The van der Waals surface area contributed by atoms with Crippen LogP contribution < -0.4 is 5.32 Å². The zero-order valence-corrected chi connectivity index (χ0v) is 16.0. The SMILES string of the molecule is CCCC(=O)N[C@@]1(C)CCOC2(CCN(Cc3nccs3)CC2)[C@@H]1O. The number of piperidine rings is 1. The van der Waals surface area contributed by atoms with E-state index in [1.807, 2.05) is 25.4 Å². The molecule has 2 saturated heterocycles. The first-order valence-corrected chi connectivity index (χ1v) is 10.1. The molecule has 2 N–H and O–H groups in total. The number of aromatic nitrogens is 1. The highest BCUT2D eigenvalue weighted by Crippen LogP contribution is 2.40. The molecule has 2 atom stereocenters. The topological polar surface area (TPSA) is 74.7 Å². The van der Waals surface area contributed by atoms with Crippen LogP contribution >= 0.6 is 11.3 Å². The second kappa shape index (κ2) is 7.70. The highest BCUT2D eigenvalue weighted by Gasteiger charge is 2.53. The van der Waals surface area contributed by atoms with E-state index in [1.165, 1.54) is 0 Å². The third kappa shape index (κ3) is 4.05. The number of aliphatic hydroxyl groups is 1. The second-order valence-corrected chi connectivity index (χ2v) is 8.46. The van der Waals surface area contributed by atoms with Gasteiger partial charge in [0.15, 0.2) is 0 Å². The van der Waals surface area contributed by atoms with E-state index in [9.17, 15) is 9.90 Å². The fraction of sp³-hybridized carbons (Fsp3) is 0.778. The molecule has 6 nitrogen and oxygen atoms in total. The summed E-state index contributed by atoms with van der Waals surface area (Å²) < 4.78 is 6.10. The van der Waals surface area contributed by atoms with Gasteiger partial charge in [0.25, 0.3) is 0 Å². The lowest BCUT2D eigenvalue weighted by atomic mass is 9.73. The van der Waals surface area contributed by atoms with Gasteiger partial charge in [-0.1, -0.05) is 6.92 Å². The molecule has 25 heavy (non-hydrogen) atoms. The molecular weight excluding hydrogens is 338 g/mol. The summed E-state index contributed by atoms with van der Waals surface area (Å²) in [5.41, 5.74) is -1.16. The summed E-state index contributed by atoms with van der Waals surface area (Å²) in [6.07, 6.45) is 4.66. The first-order valence-electron chi connectivity index (χ1n) is 9.21. The quantitative estimate of drug-likeness (QED) is 0.832. The van der Waals surface area contributed by atoms with Crippen LogP contribution in [-0.4, -0.2) is 57.8 Å². The summed E-state index contributed by atoms with van der Waals surface area (Å²) in [6, 6.07) is 0. The van der Waals surface area contributed by atoms with Gasteiger partial charge < -0.3 is 15.2 Å². The van der Waals surface area contributed by atoms with Gasteiger partial charge in [0.05, 0.1) is 17.7 Å². The summed E-state index contributed by atoms with van der Waals surface area (Å²) in [6.45, 7) is 7.12. The molecule has 1 amide bonds. The van der Waals surface area contributed by atoms with Crippen molar-refractivity contribution >= 4 is 17.2 Å². The van der Waals surface area contributed by atoms with Gasteiger partial charge in [-0.25, -0.2) is 4.98 Å². The Hall–Kier alpha value is -1.02. The number of nitrogens with zero attached hydrogens (tertiary/aromatic N) is 2. The molecule has 7 heteroatoms. The second-order valence-electron chi connectivity index (χ2n) is 7.48. The van der Waals surface area contributed by atoms with Crippen LogP contribution in [0, 0.1) is 0 Å². The number of thiazole rings is 1. The molecule has 0 unspecified atom stereocenters. The molecule has 0 bridgehead atoms. The van der Waals surface area contributed by atoms with Crippen molar-refractivity contribution in [3.63, 3.8) is 0 Å². The average molecular weight is 368 g/mol. The largest absolute Gasteiger partial charge is 0.388 e. The van der Waals surface area contributed by atoms with Crippen LogP contribution in [0.4, 0.5) is 0 Å². The number of hydrogen-bond acceptors (Lipinski definition) is 6. The number of amides is 1. The van der Waals surface area contributed by atoms with E-state index in [4.69, 9.17) is 4.74 Å². The standard InChI is InChI=1S/C18H29N3O3S/c1-3-4-14(22)20-17(2)7-11-24-18(16(17)23)5-9-21(10-6-18)13-15-19-8-12-25-15/h8,12,16,23H,3-7,9-11,13H2,1-2H3,(H,20,22)/t16-,17+/m1/s1. The predicted molar refractivity (Wildman–Crippen MR) is 97.4 cm³/mol. The first-order chi connectivity index (χ1) is 12.0. The third-order valence-electron chi connectivity index (χ3n) is 5.56. The number of rotatable bonds is 5. The monoisotopic (exact) mass is 367 g/mol. The van der Waals surface area contributed by atoms with E-state index >= 15 is 0 Å². The Balaban J connectivity index is 1.62. The van der Waals surface area contributed by atoms with Crippen molar-refractivity contribution in [2.24, 2.45) is 0 Å². The van der Waals surface area contributed by atoms with Crippen molar-refractivity contribution in [1.29, 1.82) is 0 Å². The average Bonchev–Trinajstić information content (AvgIpc) is 3.08. The fourth-order valence-corrected chi connectivity index (χ4v) is 4.69. The summed E-state index contributed by atoms with van der Waals surface area (Å²) in [4.78, 5) is 18.8. The van der Waals surface area contributed by atoms with Crippen molar-refractivity contribution in [2.75, 3.05) is 19.7 Å². The lowest BCUT2D eigenvalue weighted by molar-refractivity contribution is -0.208. The molecule has 3 heterocycles. The highest BCUT2D eigenvalue weighted by atomic mass is 32.1. The molecule has 2 fully saturated rings. The molecule has 2 aliphatic rings. The van der Waals surface area contributed by atoms with Crippen LogP contribution in [0.25, 0.3) is 0 Å². The van der Waals surface area contributed by atoms with E-state index in [1.54, 1.807) is 11.3 Å². The number of hydrogen-bond donors (Lipinski definition) is 2. The van der Waals surface area contributed by atoms with Crippen molar-refractivity contribution < 1.29 is 14.6 Å². The molecule has 1 aromatic rings. The van der Waals surface area contributed by atoms with Gasteiger partial charge in [-0.15, -0.1) is 11.3 Å². The van der Waals surface area contributed by atoms with E-state index in [0.29, 0.717) is 19.4 Å². The van der Waals surface area contributed by atoms with Gasteiger partial charge >= 0.3 is 0 Å². The maximum Gasteiger partial charge on any atom is 0.220 e. The summed E-state index contributed by atoms with van der Waals surface area (Å²) in [7, 11) is 0. The third-order valence-corrected chi connectivity index (χ3v) is 6.32. The van der Waals surface area contributed by atoms with Crippen LogP contribution in [0.15, 0.2) is 11.6 Å². The Morgan fingerprint density at radius 3 is 2.88 bits per heavy atom. The molecule has 0 saturated carbocycles. The van der Waals surface area contributed by atoms with Gasteiger partial charge in [0.1, 0.15) is 11.1 Å². The van der Waals surface area contributed by atoms with E-state index in [0.717, 1.165) is 43.9 Å². The minimum absolute atomic E-state index is 0.0160. The zero-order chi connectivity index (χ0) is 17.9. The lowest BCUT2D eigenvalue weighted by Gasteiger charge is -2.53. The Morgan fingerprint density at radius 2 is 2.24 bits per heavy atom. The number of likely N-dealkylation sites (tertiary alicyclic amines) is 1. The summed E-state index contributed by atoms with van der Waals surface area (Å²) in [5.74, 6) is 0.0160. The van der Waals surface area contributed by atoms with Crippen LogP contribution in [0.2, 0.25) is 0 Å². The predicted octanol–water partition coefficient (Wildman–Crippen LogP) is 1.93. The van der Waals surface area contributed by atoms with Gasteiger partial charge in [-0.2, -0.15) is 0 Å². The Kier molecular flexibility index (Phi) is 5.78. The van der Waals surface area contributed by atoms with Crippen LogP contribution in [-0.2, 0) is 16.1 Å². The number of ether oxygens (including phenoxy) is 1. The summed E-state index contributed by atoms with van der Waals surface area (Å²) >= 11 is 1.67. The van der Waals surface area contributed by atoms with E-state index < -0.39 is 17.2 Å². The summed E-state index contributed by atoms with van der Waals surface area (Å²) in [5, 5.41) is 17.3. The van der Waals surface area contributed by atoms with E-state index in [-0.39, 0.29) is 5.91 Å². The Labute approximate surface area is 153 Å². The zero-order valence-electron chi connectivity index (χ0n) is 15.2. The van der Waals surface area contributed by atoms with Gasteiger partial charge in [0.2, 0.25) is 5.91 Å². The number of aliphatic hydroxyl groups excluding tert-OH is 1. The molecule has 140 valence electrons. The Morgan fingerprint density at radius 1 is 1.48 bits per heavy atom. The van der Waals surface area contributed by atoms with Crippen molar-refractivity contribution in [3.8, 4) is 0 Å². The number of nitrogens with one attached hydrogen (secondary N) is 1. The fourth-order valence-electron chi connectivity index (χ4n) is 4.03. The van der Waals surface area contributed by atoms with Gasteiger partial charge in [-0.3, -0.25) is 9.69 Å². The number of carbonyl (C=O) groups excluding carboxylic acids is 1. The van der Waals surface area contributed by atoms with Crippen LogP contribution in [0.1, 0.15) is 51.0 Å². The minimum Gasteiger partial charge on any atom is -0.388 e. The molecule has 0 aliphatic carbocycles. The van der Waals surface area contributed by atoms with Gasteiger partial charge in [0, 0.05) is 37.7 Å². The lowest BCUT2D eigenvalue weighted by Crippen LogP contribution is -2.69. The Bertz CT molecular complexity index is 572.